The number of hydrogen-bond donors (Lipinski definition) is 2. The number of halogens is 3. The SMILES string of the molecule is CSC(CO)C(C)NC(Cc1ccncc1)C(F)(F)F. The molecule has 3 nitrogen and oxygen atoms in total. The number of rotatable bonds is 7. The van der Waals surface area contributed by atoms with Gasteiger partial charge in [-0.05, 0) is 37.3 Å². The Morgan fingerprint density at radius 1 is 1.35 bits per heavy atom. The van der Waals surface area contributed by atoms with Crippen molar-refractivity contribution in [2.24, 2.45) is 0 Å². The minimum absolute atomic E-state index is 0.150. The van der Waals surface area contributed by atoms with E-state index >= 15 is 0 Å². The highest BCUT2D eigenvalue weighted by atomic mass is 32.2. The van der Waals surface area contributed by atoms with Gasteiger partial charge in [0.15, 0.2) is 0 Å². The van der Waals surface area contributed by atoms with Gasteiger partial charge < -0.3 is 10.4 Å². The summed E-state index contributed by atoms with van der Waals surface area (Å²) in [4.78, 5) is 3.79. The molecule has 1 rings (SSSR count). The standard InChI is InChI=1S/C13H19F3N2OS/c1-9(11(8-19)20-2)18-12(13(14,15)16)7-10-3-5-17-6-4-10/h3-6,9,11-12,18-19H,7-8H2,1-2H3. The first-order chi connectivity index (χ1) is 9.38. The normalized spacial score (nSPS) is 16.7. The number of aromatic nitrogens is 1. The molecule has 3 atom stereocenters. The fourth-order valence-corrected chi connectivity index (χ4v) is 2.52. The maximum atomic E-state index is 13.1. The number of hydrogen-bond acceptors (Lipinski definition) is 4. The Kier molecular flexibility index (Phi) is 6.78. The summed E-state index contributed by atoms with van der Waals surface area (Å²) < 4.78 is 39.3. The third kappa shape index (κ3) is 5.30. The van der Waals surface area contributed by atoms with Crippen molar-refractivity contribution >= 4 is 11.8 Å². The van der Waals surface area contributed by atoms with Crippen LogP contribution in [0.2, 0.25) is 0 Å². The lowest BCUT2D eigenvalue weighted by Crippen LogP contribution is -2.51. The largest absolute Gasteiger partial charge is 0.404 e. The van der Waals surface area contributed by atoms with Crippen molar-refractivity contribution in [1.82, 2.24) is 10.3 Å². The molecular weight excluding hydrogens is 289 g/mol. The van der Waals surface area contributed by atoms with E-state index in [1.165, 1.54) is 24.2 Å². The summed E-state index contributed by atoms with van der Waals surface area (Å²) in [6.45, 7) is 1.50. The number of aliphatic hydroxyl groups excluding tert-OH is 1. The van der Waals surface area contributed by atoms with Gasteiger partial charge in [0.1, 0.15) is 6.04 Å². The van der Waals surface area contributed by atoms with E-state index in [0.29, 0.717) is 5.56 Å². The van der Waals surface area contributed by atoms with Gasteiger partial charge in [-0.15, -0.1) is 0 Å². The number of aliphatic hydroxyl groups is 1. The van der Waals surface area contributed by atoms with E-state index in [1.807, 2.05) is 0 Å². The molecule has 0 aliphatic rings. The maximum absolute atomic E-state index is 13.1. The summed E-state index contributed by atoms with van der Waals surface area (Å²) in [5, 5.41) is 11.5. The lowest BCUT2D eigenvalue weighted by molar-refractivity contribution is -0.157. The van der Waals surface area contributed by atoms with Gasteiger partial charge >= 0.3 is 6.18 Å². The summed E-state index contributed by atoms with van der Waals surface area (Å²) in [6, 6.07) is 1.07. The van der Waals surface area contributed by atoms with Crippen LogP contribution in [0.3, 0.4) is 0 Å². The van der Waals surface area contributed by atoms with Crippen molar-refractivity contribution in [2.75, 3.05) is 12.9 Å². The molecule has 0 saturated heterocycles. The zero-order valence-corrected chi connectivity index (χ0v) is 12.2. The highest BCUT2D eigenvalue weighted by Crippen LogP contribution is 2.24. The van der Waals surface area contributed by atoms with Gasteiger partial charge in [-0.2, -0.15) is 24.9 Å². The van der Waals surface area contributed by atoms with E-state index in [-0.39, 0.29) is 18.3 Å². The Morgan fingerprint density at radius 3 is 2.40 bits per heavy atom. The van der Waals surface area contributed by atoms with Crippen molar-refractivity contribution in [3.05, 3.63) is 30.1 Å². The first kappa shape index (κ1) is 17.3. The maximum Gasteiger partial charge on any atom is 0.404 e. The van der Waals surface area contributed by atoms with Crippen LogP contribution in [0, 0.1) is 0 Å². The highest BCUT2D eigenvalue weighted by molar-refractivity contribution is 7.99. The molecule has 1 aromatic heterocycles. The molecule has 2 N–H and O–H groups in total. The van der Waals surface area contributed by atoms with Gasteiger partial charge in [-0.25, -0.2) is 0 Å². The Morgan fingerprint density at radius 2 is 1.95 bits per heavy atom. The van der Waals surface area contributed by atoms with Crippen LogP contribution >= 0.6 is 11.8 Å². The van der Waals surface area contributed by atoms with Crippen LogP contribution in [-0.4, -0.2) is 46.5 Å². The first-order valence-electron chi connectivity index (χ1n) is 6.23. The molecule has 3 unspecified atom stereocenters. The van der Waals surface area contributed by atoms with Crippen molar-refractivity contribution < 1.29 is 18.3 Å². The molecule has 0 aromatic carbocycles. The number of pyridine rings is 1. The van der Waals surface area contributed by atoms with Crippen LogP contribution in [-0.2, 0) is 6.42 Å². The third-order valence-electron chi connectivity index (χ3n) is 3.09. The smallest absolute Gasteiger partial charge is 0.395 e. The molecule has 0 saturated carbocycles. The van der Waals surface area contributed by atoms with Gasteiger partial charge in [0.05, 0.1) is 6.61 Å². The van der Waals surface area contributed by atoms with E-state index in [9.17, 15) is 13.2 Å². The minimum Gasteiger partial charge on any atom is -0.395 e. The zero-order chi connectivity index (χ0) is 15.2. The molecule has 0 aliphatic heterocycles. The van der Waals surface area contributed by atoms with Crippen molar-refractivity contribution in [2.45, 2.75) is 36.9 Å². The van der Waals surface area contributed by atoms with Crippen molar-refractivity contribution in [1.29, 1.82) is 0 Å². The Balaban J connectivity index is 2.75. The van der Waals surface area contributed by atoms with Crippen molar-refractivity contribution in [3.63, 3.8) is 0 Å². The molecule has 20 heavy (non-hydrogen) atoms. The Labute approximate surface area is 121 Å². The molecule has 0 aliphatic carbocycles. The number of nitrogens with zero attached hydrogens (tertiary/aromatic N) is 1. The fourth-order valence-electron chi connectivity index (χ4n) is 1.89. The summed E-state index contributed by atoms with van der Waals surface area (Å²) in [6.07, 6.45) is 0.235. The lowest BCUT2D eigenvalue weighted by atomic mass is 10.1. The monoisotopic (exact) mass is 308 g/mol. The highest BCUT2D eigenvalue weighted by Gasteiger charge is 2.40. The third-order valence-corrected chi connectivity index (χ3v) is 4.25. The average molecular weight is 308 g/mol. The fraction of sp³-hybridized carbons (Fsp3) is 0.615. The quantitative estimate of drug-likeness (QED) is 0.811. The van der Waals surface area contributed by atoms with Crippen LogP contribution in [0.5, 0.6) is 0 Å². The van der Waals surface area contributed by atoms with Crippen LogP contribution < -0.4 is 5.32 Å². The van der Waals surface area contributed by atoms with E-state index in [4.69, 9.17) is 5.11 Å². The minimum atomic E-state index is -4.34. The number of alkyl halides is 3. The average Bonchev–Trinajstić information content (AvgIpc) is 2.39. The molecule has 1 aromatic rings. The number of nitrogens with one attached hydrogen (secondary N) is 1. The lowest BCUT2D eigenvalue weighted by Gasteiger charge is -2.29. The topological polar surface area (TPSA) is 45.1 Å². The molecule has 0 radical (unpaired) electrons. The van der Waals surface area contributed by atoms with Crippen LogP contribution in [0.25, 0.3) is 0 Å². The summed E-state index contributed by atoms with van der Waals surface area (Å²) >= 11 is 1.35. The van der Waals surface area contributed by atoms with Gasteiger partial charge in [0, 0.05) is 23.7 Å². The second-order valence-corrected chi connectivity index (χ2v) is 5.64. The molecule has 0 fully saturated rings. The van der Waals surface area contributed by atoms with Gasteiger partial charge in [-0.3, -0.25) is 4.98 Å². The zero-order valence-electron chi connectivity index (χ0n) is 11.4. The molecule has 0 spiro atoms. The molecule has 0 amide bonds. The molecule has 1 heterocycles. The van der Waals surface area contributed by atoms with E-state index in [1.54, 1.807) is 25.3 Å². The molecule has 7 heteroatoms. The van der Waals surface area contributed by atoms with Crippen LogP contribution in [0.4, 0.5) is 13.2 Å². The summed E-state index contributed by atoms with van der Waals surface area (Å²) in [5.41, 5.74) is 0.576. The van der Waals surface area contributed by atoms with Gasteiger partial charge in [0.25, 0.3) is 0 Å². The van der Waals surface area contributed by atoms with Gasteiger partial charge in [0.2, 0.25) is 0 Å². The summed E-state index contributed by atoms with van der Waals surface area (Å²) in [5.74, 6) is 0. The van der Waals surface area contributed by atoms with Crippen LogP contribution in [0.15, 0.2) is 24.5 Å². The molecule has 114 valence electrons. The Bertz CT molecular complexity index is 385. The second-order valence-electron chi connectivity index (χ2n) is 4.57. The van der Waals surface area contributed by atoms with E-state index in [0.717, 1.165) is 0 Å². The molecule has 0 bridgehead atoms. The first-order valence-corrected chi connectivity index (χ1v) is 7.52. The predicted molar refractivity (Wildman–Crippen MR) is 74.8 cm³/mol. The number of thioether (sulfide) groups is 1. The second kappa shape index (κ2) is 7.85. The summed E-state index contributed by atoms with van der Waals surface area (Å²) in [7, 11) is 0. The van der Waals surface area contributed by atoms with Gasteiger partial charge in [-0.1, -0.05) is 0 Å². The van der Waals surface area contributed by atoms with Crippen LogP contribution in [0.1, 0.15) is 12.5 Å². The predicted octanol–water partition coefficient (Wildman–Crippen LogP) is 2.26. The van der Waals surface area contributed by atoms with Crippen molar-refractivity contribution in [3.8, 4) is 0 Å². The molecular formula is C13H19F3N2OS. The van der Waals surface area contributed by atoms with E-state index in [2.05, 4.69) is 10.3 Å². The van der Waals surface area contributed by atoms with E-state index < -0.39 is 18.3 Å². The Hall–Kier alpha value is -0.790.